The standard InChI is InChI=1S/C7H14N4/c1-5(11-7(3)9)4-10-6(2)8/h3-4,9H2,1-2H3,(H2,8,10)/b11-5-. The monoisotopic (exact) mass is 154 g/mol. The second-order valence-corrected chi connectivity index (χ2v) is 2.30. The Hall–Kier alpha value is -1.32. The SMILES string of the molecule is C=C(N)/N=C(/C)C/N=C(/C)N. The van der Waals surface area contributed by atoms with E-state index in [1.54, 1.807) is 6.92 Å². The maximum Gasteiger partial charge on any atom is 0.115 e. The Morgan fingerprint density at radius 1 is 1.36 bits per heavy atom. The fourth-order valence-corrected chi connectivity index (χ4v) is 0.520. The highest BCUT2D eigenvalue weighted by Crippen LogP contribution is 1.85. The van der Waals surface area contributed by atoms with Crippen molar-refractivity contribution in [2.75, 3.05) is 6.54 Å². The zero-order valence-electron chi connectivity index (χ0n) is 6.96. The zero-order chi connectivity index (χ0) is 8.85. The predicted octanol–water partition coefficient (Wildman–Crippen LogP) is 0.254. The molecule has 0 aliphatic heterocycles. The third-order valence-electron chi connectivity index (χ3n) is 0.892. The fourth-order valence-electron chi connectivity index (χ4n) is 0.520. The van der Waals surface area contributed by atoms with Crippen molar-refractivity contribution < 1.29 is 0 Å². The van der Waals surface area contributed by atoms with Crippen molar-refractivity contribution in [2.45, 2.75) is 13.8 Å². The molecule has 0 aromatic carbocycles. The third kappa shape index (κ3) is 6.57. The minimum absolute atomic E-state index is 0.298. The molecule has 0 aliphatic carbocycles. The summed E-state index contributed by atoms with van der Waals surface area (Å²) >= 11 is 0. The van der Waals surface area contributed by atoms with E-state index in [1.165, 1.54) is 0 Å². The average Bonchev–Trinajstić information content (AvgIpc) is 1.82. The van der Waals surface area contributed by atoms with Crippen molar-refractivity contribution in [1.82, 2.24) is 0 Å². The Kier molecular flexibility index (Phi) is 3.95. The highest BCUT2D eigenvalue weighted by molar-refractivity contribution is 5.87. The van der Waals surface area contributed by atoms with Crippen molar-refractivity contribution in [2.24, 2.45) is 21.5 Å². The van der Waals surface area contributed by atoms with Crippen molar-refractivity contribution >= 4 is 11.5 Å². The van der Waals surface area contributed by atoms with E-state index in [0.29, 0.717) is 18.2 Å². The summed E-state index contributed by atoms with van der Waals surface area (Å²) in [5.41, 5.74) is 11.4. The smallest absolute Gasteiger partial charge is 0.115 e. The van der Waals surface area contributed by atoms with E-state index in [4.69, 9.17) is 11.5 Å². The molecule has 4 heteroatoms. The van der Waals surface area contributed by atoms with Gasteiger partial charge < -0.3 is 11.5 Å². The van der Waals surface area contributed by atoms with E-state index < -0.39 is 0 Å². The lowest BCUT2D eigenvalue weighted by Gasteiger charge is -1.95. The van der Waals surface area contributed by atoms with Gasteiger partial charge in [-0.2, -0.15) is 0 Å². The summed E-state index contributed by atoms with van der Waals surface area (Å²) in [6.07, 6.45) is 0. The van der Waals surface area contributed by atoms with E-state index >= 15 is 0 Å². The zero-order valence-corrected chi connectivity index (χ0v) is 6.96. The first kappa shape index (κ1) is 9.68. The number of amidine groups is 1. The molecule has 0 heterocycles. The molecule has 0 aliphatic rings. The van der Waals surface area contributed by atoms with Gasteiger partial charge in [0.25, 0.3) is 0 Å². The van der Waals surface area contributed by atoms with Crippen LogP contribution in [0.1, 0.15) is 13.8 Å². The van der Waals surface area contributed by atoms with Gasteiger partial charge in [0.05, 0.1) is 12.4 Å². The molecule has 0 unspecified atom stereocenters. The lowest BCUT2D eigenvalue weighted by molar-refractivity contribution is 1.19. The van der Waals surface area contributed by atoms with Crippen LogP contribution in [0.3, 0.4) is 0 Å². The molecule has 0 saturated heterocycles. The quantitative estimate of drug-likeness (QED) is 0.451. The van der Waals surface area contributed by atoms with Gasteiger partial charge in [0.1, 0.15) is 5.82 Å². The molecule has 11 heavy (non-hydrogen) atoms. The van der Waals surface area contributed by atoms with Crippen LogP contribution in [-0.4, -0.2) is 18.1 Å². The van der Waals surface area contributed by atoms with Gasteiger partial charge in [-0.25, -0.2) is 4.99 Å². The van der Waals surface area contributed by atoms with Crippen LogP contribution in [0, 0.1) is 0 Å². The topological polar surface area (TPSA) is 76.8 Å². The van der Waals surface area contributed by atoms with Crippen LogP contribution in [0.15, 0.2) is 22.4 Å². The number of hydrogen-bond donors (Lipinski definition) is 2. The first-order valence-corrected chi connectivity index (χ1v) is 3.27. The predicted molar refractivity (Wildman–Crippen MR) is 48.6 cm³/mol. The van der Waals surface area contributed by atoms with Crippen molar-refractivity contribution in [3.05, 3.63) is 12.4 Å². The van der Waals surface area contributed by atoms with Crippen LogP contribution in [0.4, 0.5) is 0 Å². The minimum Gasteiger partial charge on any atom is -0.388 e. The summed E-state index contributed by atoms with van der Waals surface area (Å²) in [6.45, 7) is 7.47. The Morgan fingerprint density at radius 2 is 1.91 bits per heavy atom. The summed E-state index contributed by atoms with van der Waals surface area (Å²) in [5, 5.41) is 0. The fraction of sp³-hybridized carbons (Fsp3) is 0.429. The number of nitrogens with two attached hydrogens (primary N) is 2. The van der Waals surface area contributed by atoms with Gasteiger partial charge in [-0.3, -0.25) is 4.99 Å². The third-order valence-corrected chi connectivity index (χ3v) is 0.892. The Bertz CT molecular complexity index is 198. The summed E-state index contributed by atoms with van der Waals surface area (Å²) in [4.78, 5) is 7.83. The number of aliphatic imine (C=N–C) groups is 2. The maximum atomic E-state index is 5.31. The van der Waals surface area contributed by atoms with E-state index in [9.17, 15) is 0 Å². The molecule has 4 N–H and O–H groups in total. The Morgan fingerprint density at radius 3 is 2.27 bits per heavy atom. The molecular weight excluding hydrogens is 140 g/mol. The number of nitrogens with zero attached hydrogens (tertiary/aromatic N) is 2. The minimum atomic E-state index is 0.298. The molecule has 0 saturated carbocycles. The van der Waals surface area contributed by atoms with E-state index in [2.05, 4.69) is 16.6 Å². The first-order valence-electron chi connectivity index (χ1n) is 3.27. The number of hydrogen-bond acceptors (Lipinski definition) is 3. The van der Waals surface area contributed by atoms with Crippen molar-refractivity contribution in [3.63, 3.8) is 0 Å². The molecule has 0 rings (SSSR count). The van der Waals surface area contributed by atoms with Gasteiger partial charge in [-0.1, -0.05) is 6.58 Å². The van der Waals surface area contributed by atoms with Crippen LogP contribution >= 0.6 is 0 Å². The summed E-state index contributed by atoms with van der Waals surface area (Å²) in [7, 11) is 0. The first-order chi connectivity index (χ1) is 5.02. The van der Waals surface area contributed by atoms with Crippen LogP contribution in [-0.2, 0) is 0 Å². The summed E-state index contributed by atoms with van der Waals surface area (Å²) in [5.74, 6) is 0.842. The van der Waals surface area contributed by atoms with Crippen molar-refractivity contribution in [1.29, 1.82) is 0 Å². The molecule has 4 nitrogen and oxygen atoms in total. The molecule has 0 radical (unpaired) electrons. The Labute approximate surface area is 66.7 Å². The molecule has 0 fully saturated rings. The average molecular weight is 154 g/mol. The molecule has 62 valence electrons. The largest absolute Gasteiger partial charge is 0.388 e. The molecule has 0 aromatic rings. The second kappa shape index (κ2) is 4.49. The lowest BCUT2D eigenvalue weighted by atomic mass is 10.4. The second-order valence-electron chi connectivity index (χ2n) is 2.30. The molecule has 0 bridgehead atoms. The van der Waals surface area contributed by atoms with Crippen LogP contribution < -0.4 is 11.5 Å². The summed E-state index contributed by atoms with van der Waals surface area (Å²) in [6, 6.07) is 0. The molecular formula is C7H14N4. The van der Waals surface area contributed by atoms with Crippen molar-refractivity contribution in [3.8, 4) is 0 Å². The van der Waals surface area contributed by atoms with Crippen LogP contribution in [0.25, 0.3) is 0 Å². The molecule has 0 aromatic heterocycles. The molecule has 0 atom stereocenters. The Balaban J connectivity index is 3.97. The van der Waals surface area contributed by atoms with Gasteiger partial charge in [-0.15, -0.1) is 0 Å². The highest BCUT2D eigenvalue weighted by Gasteiger charge is 1.88. The van der Waals surface area contributed by atoms with Gasteiger partial charge in [0.15, 0.2) is 0 Å². The highest BCUT2D eigenvalue weighted by atomic mass is 14.9. The number of rotatable bonds is 3. The van der Waals surface area contributed by atoms with E-state index in [-0.39, 0.29) is 0 Å². The molecule has 0 amide bonds. The van der Waals surface area contributed by atoms with Gasteiger partial charge >= 0.3 is 0 Å². The van der Waals surface area contributed by atoms with Gasteiger partial charge in [0.2, 0.25) is 0 Å². The molecule has 0 spiro atoms. The lowest BCUT2D eigenvalue weighted by Crippen LogP contribution is -2.09. The van der Waals surface area contributed by atoms with E-state index in [0.717, 1.165) is 5.71 Å². The maximum absolute atomic E-state index is 5.31. The van der Waals surface area contributed by atoms with Gasteiger partial charge in [-0.05, 0) is 13.8 Å². The normalized spacial score (nSPS) is 13.3. The van der Waals surface area contributed by atoms with Crippen LogP contribution in [0.2, 0.25) is 0 Å². The van der Waals surface area contributed by atoms with E-state index in [1.807, 2.05) is 6.92 Å². The van der Waals surface area contributed by atoms with Gasteiger partial charge in [0, 0.05) is 5.71 Å². The summed E-state index contributed by atoms with van der Waals surface area (Å²) < 4.78 is 0. The van der Waals surface area contributed by atoms with Crippen LogP contribution in [0.5, 0.6) is 0 Å².